The van der Waals surface area contributed by atoms with Crippen molar-refractivity contribution < 1.29 is 4.39 Å². The van der Waals surface area contributed by atoms with Crippen molar-refractivity contribution in [3.63, 3.8) is 0 Å². The van der Waals surface area contributed by atoms with Crippen molar-refractivity contribution in [3.05, 3.63) is 71.6 Å². The van der Waals surface area contributed by atoms with Crippen molar-refractivity contribution >= 4 is 0 Å². The summed E-state index contributed by atoms with van der Waals surface area (Å²) in [6.45, 7) is 2.96. The number of nitrogens with zero attached hydrogens (tertiary/aromatic N) is 3. The molecular weight excluding hydrogens is 315 g/mol. The first-order valence-electron chi connectivity index (χ1n) is 8.73. The zero-order chi connectivity index (χ0) is 17.1. The van der Waals surface area contributed by atoms with Gasteiger partial charge in [-0.15, -0.1) is 0 Å². The quantitative estimate of drug-likeness (QED) is 0.774. The molecule has 5 heteroatoms. The van der Waals surface area contributed by atoms with Crippen LogP contribution in [0.15, 0.2) is 48.8 Å². The van der Waals surface area contributed by atoms with Crippen LogP contribution < -0.4 is 0 Å². The monoisotopic (exact) mass is 336 g/mol. The van der Waals surface area contributed by atoms with Gasteiger partial charge in [-0.1, -0.05) is 18.2 Å². The Labute approximate surface area is 146 Å². The first kappa shape index (κ1) is 16.0. The molecule has 0 spiro atoms. The number of nitrogens with one attached hydrogen (secondary N) is 1. The fraction of sp³-hybridized carbons (Fsp3) is 0.300. The summed E-state index contributed by atoms with van der Waals surface area (Å²) in [6.07, 6.45) is 6.85. The van der Waals surface area contributed by atoms with E-state index in [2.05, 4.69) is 25.9 Å². The summed E-state index contributed by atoms with van der Waals surface area (Å²) in [7, 11) is 0. The molecule has 2 aromatic heterocycles. The van der Waals surface area contributed by atoms with Crippen LogP contribution in [-0.4, -0.2) is 32.9 Å². The van der Waals surface area contributed by atoms with Gasteiger partial charge < -0.3 is 4.98 Å². The van der Waals surface area contributed by atoms with Crippen LogP contribution in [0.5, 0.6) is 0 Å². The molecule has 4 rings (SSSR count). The fourth-order valence-corrected chi connectivity index (χ4v) is 3.37. The van der Waals surface area contributed by atoms with Gasteiger partial charge in [-0.25, -0.2) is 9.37 Å². The molecule has 0 amide bonds. The van der Waals surface area contributed by atoms with E-state index in [1.54, 1.807) is 6.07 Å². The van der Waals surface area contributed by atoms with E-state index in [-0.39, 0.29) is 5.82 Å². The molecule has 4 nitrogen and oxygen atoms in total. The third kappa shape index (κ3) is 3.77. The number of aryl methyl sites for hydroxylation is 1. The Morgan fingerprint density at radius 3 is 3.00 bits per heavy atom. The van der Waals surface area contributed by atoms with Gasteiger partial charge in [0.15, 0.2) is 0 Å². The van der Waals surface area contributed by atoms with E-state index < -0.39 is 0 Å². The number of aromatic nitrogens is 3. The van der Waals surface area contributed by atoms with Crippen LogP contribution in [-0.2, 0) is 19.4 Å². The maximum Gasteiger partial charge on any atom is 0.137 e. The SMILES string of the molecule is Fc1cccc(-c2nc3c([nH]2)CN(CCCc2cccnc2)CC3)c1. The Hall–Kier alpha value is -2.53. The number of benzene rings is 1. The Bertz CT molecular complexity index is 844. The number of rotatable bonds is 5. The molecule has 0 aliphatic carbocycles. The summed E-state index contributed by atoms with van der Waals surface area (Å²) >= 11 is 0. The third-order valence-electron chi connectivity index (χ3n) is 4.67. The van der Waals surface area contributed by atoms with Crippen molar-refractivity contribution in [2.24, 2.45) is 0 Å². The van der Waals surface area contributed by atoms with E-state index in [4.69, 9.17) is 0 Å². The molecule has 0 saturated heterocycles. The first-order valence-corrected chi connectivity index (χ1v) is 8.73. The molecule has 1 aliphatic rings. The van der Waals surface area contributed by atoms with Gasteiger partial charge in [-0.3, -0.25) is 9.88 Å². The second-order valence-electron chi connectivity index (χ2n) is 6.51. The van der Waals surface area contributed by atoms with Crippen molar-refractivity contribution in [2.45, 2.75) is 25.8 Å². The maximum absolute atomic E-state index is 13.4. The normalized spacial score (nSPS) is 14.4. The fourth-order valence-electron chi connectivity index (χ4n) is 3.37. The summed E-state index contributed by atoms with van der Waals surface area (Å²) in [6, 6.07) is 10.7. The Morgan fingerprint density at radius 1 is 1.20 bits per heavy atom. The van der Waals surface area contributed by atoms with Crippen LogP contribution in [0.4, 0.5) is 4.39 Å². The Kier molecular flexibility index (Phi) is 4.57. The van der Waals surface area contributed by atoms with E-state index in [0.29, 0.717) is 0 Å². The number of H-pyrrole nitrogens is 1. The van der Waals surface area contributed by atoms with Gasteiger partial charge in [-0.2, -0.15) is 0 Å². The van der Waals surface area contributed by atoms with E-state index >= 15 is 0 Å². The van der Waals surface area contributed by atoms with Gasteiger partial charge in [0.2, 0.25) is 0 Å². The highest BCUT2D eigenvalue weighted by Crippen LogP contribution is 2.23. The number of halogens is 1. The van der Waals surface area contributed by atoms with E-state index in [1.165, 1.54) is 17.7 Å². The highest BCUT2D eigenvalue weighted by Gasteiger charge is 2.20. The predicted octanol–water partition coefficient (Wildman–Crippen LogP) is 3.60. The van der Waals surface area contributed by atoms with Crippen LogP contribution in [0.2, 0.25) is 0 Å². The lowest BCUT2D eigenvalue weighted by molar-refractivity contribution is 0.247. The standard InChI is InChI=1S/C20H21FN4/c21-17-7-1-6-16(12-17)20-23-18-8-11-25(14-19(18)24-20)10-3-5-15-4-2-9-22-13-15/h1-2,4,6-7,9,12-13H,3,5,8,10-11,14H2,(H,23,24). The van der Waals surface area contributed by atoms with Crippen molar-refractivity contribution in [1.82, 2.24) is 19.9 Å². The zero-order valence-electron chi connectivity index (χ0n) is 14.1. The molecule has 0 saturated carbocycles. The van der Waals surface area contributed by atoms with Crippen molar-refractivity contribution in [3.8, 4) is 11.4 Å². The lowest BCUT2D eigenvalue weighted by Gasteiger charge is -2.25. The van der Waals surface area contributed by atoms with Gasteiger partial charge >= 0.3 is 0 Å². The summed E-state index contributed by atoms with van der Waals surface area (Å²) < 4.78 is 13.4. The molecule has 0 radical (unpaired) electrons. The highest BCUT2D eigenvalue weighted by atomic mass is 19.1. The minimum atomic E-state index is -0.232. The highest BCUT2D eigenvalue weighted by molar-refractivity contribution is 5.56. The predicted molar refractivity (Wildman–Crippen MR) is 95.5 cm³/mol. The molecule has 25 heavy (non-hydrogen) atoms. The average Bonchev–Trinajstić information content (AvgIpc) is 3.06. The van der Waals surface area contributed by atoms with Gasteiger partial charge in [0.25, 0.3) is 0 Å². The summed E-state index contributed by atoms with van der Waals surface area (Å²) in [4.78, 5) is 14.7. The molecule has 1 N–H and O–H groups in total. The lowest BCUT2D eigenvalue weighted by Crippen LogP contribution is -2.31. The number of imidazole rings is 1. The summed E-state index contributed by atoms with van der Waals surface area (Å²) in [5, 5.41) is 0. The number of fused-ring (bicyclic) bond motifs is 1. The molecule has 1 aliphatic heterocycles. The molecule has 1 aromatic carbocycles. The Morgan fingerprint density at radius 2 is 2.16 bits per heavy atom. The first-order chi connectivity index (χ1) is 12.3. The van der Waals surface area contributed by atoms with Crippen LogP contribution in [0.1, 0.15) is 23.4 Å². The number of aromatic amines is 1. The lowest BCUT2D eigenvalue weighted by atomic mass is 10.1. The molecule has 0 bridgehead atoms. The van der Waals surface area contributed by atoms with Crippen LogP contribution in [0, 0.1) is 5.82 Å². The number of hydrogen-bond acceptors (Lipinski definition) is 3. The van der Waals surface area contributed by atoms with Crippen molar-refractivity contribution in [1.29, 1.82) is 0 Å². The summed E-state index contributed by atoms with van der Waals surface area (Å²) in [5.41, 5.74) is 4.36. The third-order valence-corrected chi connectivity index (χ3v) is 4.67. The average molecular weight is 336 g/mol. The molecule has 3 heterocycles. The summed E-state index contributed by atoms with van der Waals surface area (Å²) in [5.74, 6) is 0.533. The van der Waals surface area contributed by atoms with E-state index in [9.17, 15) is 4.39 Å². The molecule has 3 aromatic rings. The zero-order valence-corrected chi connectivity index (χ0v) is 14.1. The second-order valence-corrected chi connectivity index (χ2v) is 6.51. The second kappa shape index (κ2) is 7.15. The van der Waals surface area contributed by atoms with Crippen LogP contribution >= 0.6 is 0 Å². The number of hydrogen-bond donors (Lipinski definition) is 1. The van der Waals surface area contributed by atoms with Gasteiger partial charge in [0, 0.05) is 37.5 Å². The topological polar surface area (TPSA) is 44.8 Å². The van der Waals surface area contributed by atoms with Crippen LogP contribution in [0.25, 0.3) is 11.4 Å². The molecule has 128 valence electrons. The van der Waals surface area contributed by atoms with E-state index in [0.717, 1.165) is 61.7 Å². The molecular formula is C20H21FN4. The molecule has 0 unspecified atom stereocenters. The molecule has 0 fully saturated rings. The van der Waals surface area contributed by atoms with Gasteiger partial charge in [-0.05, 0) is 43.1 Å². The number of pyridine rings is 1. The van der Waals surface area contributed by atoms with Gasteiger partial charge in [0.1, 0.15) is 11.6 Å². The molecule has 0 atom stereocenters. The largest absolute Gasteiger partial charge is 0.341 e. The van der Waals surface area contributed by atoms with Crippen molar-refractivity contribution in [2.75, 3.05) is 13.1 Å². The van der Waals surface area contributed by atoms with Gasteiger partial charge in [0.05, 0.1) is 11.4 Å². The minimum absolute atomic E-state index is 0.232. The van der Waals surface area contributed by atoms with Crippen LogP contribution in [0.3, 0.4) is 0 Å². The smallest absolute Gasteiger partial charge is 0.137 e. The minimum Gasteiger partial charge on any atom is -0.341 e. The van der Waals surface area contributed by atoms with E-state index in [1.807, 2.05) is 24.5 Å². The Balaban J connectivity index is 1.38. The maximum atomic E-state index is 13.4.